The minimum absolute atomic E-state index is 0.0948. The average Bonchev–Trinajstić information content (AvgIpc) is 2.43. The summed E-state index contributed by atoms with van der Waals surface area (Å²) >= 11 is 0. The first-order chi connectivity index (χ1) is 9.15. The van der Waals surface area contributed by atoms with Crippen LogP contribution in [0.15, 0.2) is 42.8 Å². The van der Waals surface area contributed by atoms with Crippen molar-refractivity contribution in [2.75, 3.05) is 13.7 Å². The molecular formula is C15H22N2O2. The molecule has 0 amide bonds. The van der Waals surface area contributed by atoms with Gasteiger partial charge in [0, 0.05) is 19.5 Å². The summed E-state index contributed by atoms with van der Waals surface area (Å²) < 4.78 is 10.8. The van der Waals surface area contributed by atoms with E-state index in [2.05, 4.69) is 29.5 Å². The summed E-state index contributed by atoms with van der Waals surface area (Å²) in [4.78, 5) is 8.02. The Labute approximate surface area is 115 Å². The molecule has 0 fully saturated rings. The number of allylic oxidation sites excluding steroid dienone is 1. The van der Waals surface area contributed by atoms with Crippen LogP contribution in [0, 0.1) is 5.92 Å². The van der Waals surface area contributed by atoms with E-state index in [0.29, 0.717) is 18.5 Å². The Morgan fingerprint density at radius 3 is 2.68 bits per heavy atom. The Morgan fingerprint density at radius 2 is 2.11 bits per heavy atom. The number of aromatic nitrogens is 2. The predicted molar refractivity (Wildman–Crippen MR) is 76.1 cm³/mol. The van der Waals surface area contributed by atoms with Crippen LogP contribution in [0.5, 0.6) is 6.01 Å². The van der Waals surface area contributed by atoms with Crippen LogP contribution < -0.4 is 4.74 Å². The monoisotopic (exact) mass is 262 g/mol. The van der Waals surface area contributed by atoms with E-state index in [1.807, 2.05) is 13.0 Å². The van der Waals surface area contributed by atoms with Crippen LogP contribution in [-0.2, 0) is 4.74 Å². The summed E-state index contributed by atoms with van der Waals surface area (Å²) in [5, 5.41) is 0. The lowest BCUT2D eigenvalue weighted by molar-refractivity contribution is 0.125. The highest BCUT2D eigenvalue weighted by atomic mass is 16.5. The molecule has 0 bridgehead atoms. The van der Waals surface area contributed by atoms with Crippen LogP contribution in [0.2, 0.25) is 0 Å². The molecule has 1 heterocycles. The van der Waals surface area contributed by atoms with Gasteiger partial charge in [-0.2, -0.15) is 0 Å². The number of hydrogen-bond acceptors (Lipinski definition) is 4. The standard InChI is InChI=1S/C15H22N2O2/c1-5-14(18-4)10-12(2)9-13(3)11-19-15-16-7-6-8-17-15/h5-9,12,14H,1,10-11H2,2-4H3/b13-9-/t12-,14?/m1/s1. The van der Waals surface area contributed by atoms with Gasteiger partial charge in [-0.1, -0.05) is 19.1 Å². The lowest BCUT2D eigenvalue weighted by Gasteiger charge is -2.14. The zero-order valence-corrected chi connectivity index (χ0v) is 11.9. The second-order valence-electron chi connectivity index (χ2n) is 4.56. The van der Waals surface area contributed by atoms with Gasteiger partial charge in [0.1, 0.15) is 6.61 Å². The summed E-state index contributed by atoms with van der Waals surface area (Å²) in [6.45, 7) is 8.44. The summed E-state index contributed by atoms with van der Waals surface area (Å²) in [7, 11) is 1.70. The van der Waals surface area contributed by atoms with E-state index < -0.39 is 0 Å². The van der Waals surface area contributed by atoms with Crippen molar-refractivity contribution in [2.24, 2.45) is 5.92 Å². The average molecular weight is 262 g/mol. The Bertz CT molecular complexity index is 404. The Morgan fingerprint density at radius 1 is 1.42 bits per heavy atom. The molecule has 1 aromatic rings. The van der Waals surface area contributed by atoms with Crippen LogP contribution in [0.4, 0.5) is 0 Å². The van der Waals surface area contributed by atoms with Crippen LogP contribution >= 0.6 is 0 Å². The van der Waals surface area contributed by atoms with Crippen molar-refractivity contribution >= 4 is 0 Å². The molecule has 19 heavy (non-hydrogen) atoms. The van der Waals surface area contributed by atoms with E-state index in [1.165, 1.54) is 0 Å². The summed E-state index contributed by atoms with van der Waals surface area (Å²) in [6, 6.07) is 2.17. The minimum Gasteiger partial charge on any atom is -0.459 e. The molecule has 0 aromatic carbocycles. The molecule has 0 spiro atoms. The Hall–Kier alpha value is -1.68. The molecule has 0 aliphatic rings. The largest absolute Gasteiger partial charge is 0.459 e. The normalized spacial score (nSPS) is 14.8. The predicted octanol–water partition coefficient (Wildman–Crippen LogP) is 3.03. The smallest absolute Gasteiger partial charge is 0.316 e. The summed E-state index contributed by atoms with van der Waals surface area (Å²) in [6.07, 6.45) is 8.35. The molecule has 1 aromatic heterocycles. The van der Waals surface area contributed by atoms with E-state index in [4.69, 9.17) is 9.47 Å². The zero-order valence-electron chi connectivity index (χ0n) is 11.9. The highest BCUT2D eigenvalue weighted by Gasteiger charge is 2.07. The van der Waals surface area contributed by atoms with Crippen molar-refractivity contribution in [1.29, 1.82) is 0 Å². The van der Waals surface area contributed by atoms with Gasteiger partial charge in [-0.05, 0) is 30.9 Å². The molecule has 1 unspecified atom stereocenters. The molecule has 0 N–H and O–H groups in total. The number of hydrogen-bond donors (Lipinski definition) is 0. The highest BCUT2D eigenvalue weighted by molar-refractivity contribution is 5.04. The van der Waals surface area contributed by atoms with E-state index in [0.717, 1.165) is 12.0 Å². The van der Waals surface area contributed by atoms with Crippen molar-refractivity contribution in [3.8, 4) is 6.01 Å². The van der Waals surface area contributed by atoms with E-state index in [-0.39, 0.29) is 6.10 Å². The molecule has 0 aliphatic heterocycles. The van der Waals surface area contributed by atoms with E-state index in [9.17, 15) is 0 Å². The van der Waals surface area contributed by atoms with Crippen molar-refractivity contribution in [3.05, 3.63) is 42.8 Å². The van der Waals surface area contributed by atoms with Crippen molar-refractivity contribution in [2.45, 2.75) is 26.4 Å². The van der Waals surface area contributed by atoms with Gasteiger partial charge in [0.15, 0.2) is 0 Å². The summed E-state index contributed by atoms with van der Waals surface area (Å²) in [5.41, 5.74) is 1.15. The first-order valence-electron chi connectivity index (χ1n) is 6.38. The van der Waals surface area contributed by atoms with Crippen molar-refractivity contribution in [1.82, 2.24) is 9.97 Å². The van der Waals surface area contributed by atoms with Gasteiger partial charge < -0.3 is 9.47 Å². The number of methoxy groups -OCH3 is 1. The highest BCUT2D eigenvalue weighted by Crippen LogP contribution is 2.13. The summed E-state index contributed by atoms with van der Waals surface area (Å²) in [5.74, 6) is 0.406. The third-order valence-electron chi connectivity index (χ3n) is 2.71. The fraction of sp³-hybridized carbons (Fsp3) is 0.467. The fourth-order valence-corrected chi connectivity index (χ4v) is 1.80. The molecule has 2 atom stereocenters. The molecule has 0 radical (unpaired) electrons. The van der Waals surface area contributed by atoms with Gasteiger partial charge in [-0.3, -0.25) is 0 Å². The SMILES string of the molecule is C=CC(C[C@H](C)/C=C(/C)COc1ncccn1)OC. The third kappa shape index (κ3) is 6.15. The zero-order chi connectivity index (χ0) is 14.1. The van der Waals surface area contributed by atoms with Crippen LogP contribution in [-0.4, -0.2) is 29.8 Å². The first kappa shape index (κ1) is 15.4. The quantitative estimate of drug-likeness (QED) is 0.675. The molecule has 104 valence electrons. The van der Waals surface area contributed by atoms with E-state index >= 15 is 0 Å². The van der Waals surface area contributed by atoms with Gasteiger partial charge in [0.2, 0.25) is 0 Å². The van der Waals surface area contributed by atoms with Gasteiger partial charge in [0.05, 0.1) is 6.10 Å². The molecule has 0 saturated carbocycles. The Kier molecular flexibility index (Phi) is 6.82. The van der Waals surface area contributed by atoms with Gasteiger partial charge >= 0.3 is 6.01 Å². The molecular weight excluding hydrogens is 240 g/mol. The third-order valence-corrected chi connectivity index (χ3v) is 2.71. The van der Waals surface area contributed by atoms with Gasteiger partial charge in [0.25, 0.3) is 0 Å². The number of nitrogens with zero attached hydrogens (tertiary/aromatic N) is 2. The lowest BCUT2D eigenvalue weighted by Crippen LogP contribution is -2.11. The molecule has 4 heteroatoms. The number of rotatable bonds is 8. The maximum absolute atomic E-state index is 5.48. The molecule has 4 nitrogen and oxygen atoms in total. The van der Waals surface area contributed by atoms with Crippen molar-refractivity contribution in [3.63, 3.8) is 0 Å². The second kappa shape index (κ2) is 8.43. The maximum atomic E-state index is 5.48. The Balaban J connectivity index is 2.41. The number of ether oxygens (including phenoxy) is 2. The first-order valence-corrected chi connectivity index (χ1v) is 6.38. The molecule has 1 rings (SSSR count). The van der Waals surface area contributed by atoms with Gasteiger partial charge in [-0.15, -0.1) is 6.58 Å². The second-order valence-corrected chi connectivity index (χ2v) is 4.56. The maximum Gasteiger partial charge on any atom is 0.316 e. The van der Waals surface area contributed by atoms with E-state index in [1.54, 1.807) is 25.6 Å². The van der Waals surface area contributed by atoms with Gasteiger partial charge in [-0.25, -0.2) is 9.97 Å². The van der Waals surface area contributed by atoms with Crippen molar-refractivity contribution < 1.29 is 9.47 Å². The topological polar surface area (TPSA) is 44.2 Å². The fourth-order valence-electron chi connectivity index (χ4n) is 1.80. The van der Waals surface area contributed by atoms with Crippen LogP contribution in [0.25, 0.3) is 0 Å². The minimum atomic E-state index is 0.0948. The van der Waals surface area contributed by atoms with Crippen LogP contribution in [0.1, 0.15) is 20.3 Å². The molecule has 0 aliphatic carbocycles. The van der Waals surface area contributed by atoms with Crippen LogP contribution in [0.3, 0.4) is 0 Å². The molecule has 0 saturated heterocycles. The lowest BCUT2D eigenvalue weighted by atomic mass is 10.0.